The average molecular weight is 281 g/mol. The third-order valence-electron chi connectivity index (χ3n) is 2.88. The lowest BCUT2D eigenvalue weighted by Crippen LogP contribution is -2.00. The molecule has 4 heteroatoms. The van der Waals surface area contributed by atoms with Crippen molar-refractivity contribution >= 4 is 6.29 Å². The highest BCUT2D eigenvalue weighted by Gasteiger charge is 2.06. The predicted molar refractivity (Wildman–Crippen MR) is 78.5 cm³/mol. The predicted octanol–water partition coefficient (Wildman–Crippen LogP) is 3.35. The summed E-state index contributed by atoms with van der Waals surface area (Å²) in [5, 5.41) is 8.75. The van der Waals surface area contributed by atoms with Crippen LogP contribution in [0.4, 0.5) is 0 Å². The van der Waals surface area contributed by atoms with Crippen LogP contribution in [0.25, 0.3) is 0 Å². The number of hydrogen-bond donors (Lipinski definition) is 0. The van der Waals surface area contributed by atoms with Gasteiger partial charge in [-0.2, -0.15) is 5.26 Å². The van der Waals surface area contributed by atoms with E-state index in [1.807, 2.05) is 19.1 Å². The monoisotopic (exact) mass is 281 g/mol. The van der Waals surface area contributed by atoms with Crippen LogP contribution in [0.5, 0.6) is 11.5 Å². The standard InChI is InChI=1S/C17H15NO3/c1-2-20-17-9-15(11-19)7-8-16(17)21-12-14-5-3-13(10-18)4-6-14/h3-9,11H,2,12H2,1H3. The summed E-state index contributed by atoms with van der Waals surface area (Å²) in [6, 6.07) is 14.3. The van der Waals surface area contributed by atoms with E-state index in [0.717, 1.165) is 11.8 Å². The molecule has 106 valence electrons. The summed E-state index contributed by atoms with van der Waals surface area (Å²) in [4.78, 5) is 10.8. The molecule has 0 heterocycles. The number of hydrogen-bond acceptors (Lipinski definition) is 4. The van der Waals surface area contributed by atoms with E-state index in [0.29, 0.717) is 35.8 Å². The fourth-order valence-corrected chi connectivity index (χ4v) is 1.82. The number of carbonyl (C=O) groups is 1. The first kappa shape index (κ1) is 14.6. The van der Waals surface area contributed by atoms with Crippen molar-refractivity contribution in [3.8, 4) is 17.6 Å². The van der Waals surface area contributed by atoms with Gasteiger partial charge >= 0.3 is 0 Å². The molecule has 0 aliphatic carbocycles. The number of benzene rings is 2. The summed E-state index contributed by atoms with van der Waals surface area (Å²) in [5.74, 6) is 1.14. The van der Waals surface area contributed by atoms with E-state index in [9.17, 15) is 4.79 Å². The molecule has 0 aliphatic rings. The van der Waals surface area contributed by atoms with Crippen LogP contribution in [0.1, 0.15) is 28.4 Å². The molecule has 2 rings (SSSR count). The second kappa shape index (κ2) is 7.11. The minimum Gasteiger partial charge on any atom is -0.490 e. The van der Waals surface area contributed by atoms with Crippen molar-refractivity contribution in [1.82, 2.24) is 0 Å². The second-order valence-corrected chi connectivity index (χ2v) is 4.35. The molecule has 0 saturated carbocycles. The Balaban J connectivity index is 2.11. The quantitative estimate of drug-likeness (QED) is 0.762. The number of rotatable bonds is 6. The summed E-state index contributed by atoms with van der Waals surface area (Å²) < 4.78 is 11.2. The van der Waals surface area contributed by atoms with Crippen LogP contribution in [-0.4, -0.2) is 12.9 Å². The molecule has 0 radical (unpaired) electrons. The van der Waals surface area contributed by atoms with Crippen molar-refractivity contribution in [3.63, 3.8) is 0 Å². The van der Waals surface area contributed by atoms with Gasteiger partial charge in [0, 0.05) is 5.56 Å². The van der Waals surface area contributed by atoms with E-state index in [1.54, 1.807) is 30.3 Å². The summed E-state index contributed by atoms with van der Waals surface area (Å²) in [7, 11) is 0. The zero-order valence-corrected chi connectivity index (χ0v) is 11.7. The Morgan fingerprint density at radius 3 is 2.48 bits per heavy atom. The van der Waals surface area contributed by atoms with E-state index >= 15 is 0 Å². The van der Waals surface area contributed by atoms with Gasteiger partial charge in [-0.3, -0.25) is 4.79 Å². The summed E-state index contributed by atoms with van der Waals surface area (Å²) in [6.45, 7) is 2.74. The van der Waals surface area contributed by atoms with Crippen molar-refractivity contribution < 1.29 is 14.3 Å². The SMILES string of the molecule is CCOc1cc(C=O)ccc1OCc1ccc(C#N)cc1. The van der Waals surface area contributed by atoms with Gasteiger partial charge in [-0.1, -0.05) is 12.1 Å². The summed E-state index contributed by atoms with van der Waals surface area (Å²) >= 11 is 0. The lowest BCUT2D eigenvalue weighted by atomic mass is 10.1. The van der Waals surface area contributed by atoms with Gasteiger partial charge in [0.1, 0.15) is 12.9 Å². The molecule has 0 aliphatic heterocycles. The van der Waals surface area contributed by atoms with E-state index in [1.165, 1.54) is 0 Å². The molecule has 4 nitrogen and oxygen atoms in total. The zero-order valence-electron chi connectivity index (χ0n) is 11.7. The average Bonchev–Trinajstić information content (AvgIpc) is 2.54. The third kappa shape index (κ3) is 3.83. The van der Waals surface area contributed by atoms with Gasteiger partial charge in [0.15, 0.2) is 11.5 Å². The second-order valence-electron chi connectivity index (χ2n) is 4.35. The van der Waals surface area contributed by atoms with Gasteiger partial charge in [0.2, 0.25) is 0 Å². The van der Waals surface area contributed by atoms with E-state index in [4.69, 9.17) is 14.7 Å². The van der Waals surface area contributed by atoms with Crippen LogP contribution in [0, 0.1) is 11.3 Å². The molecule has 0 spiro atoms. The number of aldehydes is 1. The van der Waals surface area contributed by atoms with Crippen LogP contribution in [0.3, 0.4) is 0 Å². The van der Waals surface area contributed by atoms with Crippen molar-refractivity contribution in [3.05, 3.63) is 59.2 Å². The van der Waals surface area contributed by atoms with E-state index in [2.05, 4.69) is 6.07 Å². The number of nitriles is 1. The lowest BCUT2D eigenvalue weighted by Gasteiger charge is -2.12. The molecular weight excluding hydrogens is 266 g/mol. The maximum absolute atomic E-state index is 10.8. The molecule has 0 unspecified atom stereocenters. The maximum Gasteiger partial charge on any atom is 0.161 e. The molecule has 0 saturated heterocycles. The molecule has 2 aromatic carbocycles. The molecule has 2 aromatic rings. The normalized spacial score (nSPS) is 9.71. The fraction of sp³-hybridized carbons (Fsp3) is 0.176. The highest BCUT2D eigenvalue weighted by atomic mass is 16.5. The van der Waals surface area contributed by atoms with Gasteiger partial charge in [0.25, 0.3) is 0 Å². The molecule has 21 heavy (non-hydrogen) atoms. The largest absolute Gasteiger partial charge is 0.490 e. The molecule has 0 fully saturated rings. The Morgan fingerprint density at radius 2 is 1.86 bits per heavy atom. The lowest BCUT2D eigenvalue weighted by molar-refractivity contribution is 0.112. The minimum atomic E-state index is 0.367. The number of carbonyl (C=O) groups excluding carboxylic acids is 1. The Kier molecular flexibility index (Phi) is 4.94. The van der Waals surface area contributed by atoms with E-state index < -0.39 is 0 Å². The molecule has 0 N–H and O–H groups in total. The molecule has 0 atom stereocenters. The van der Waals surface area contributed by atoms with Crippen molar-refractivity contribution in [2.45, 2.75) is 13.5 Å². The molecule has 0 amide bonds. The Labute approximate surface area is 123 Å². The summed E-state index contributed by atoms with van der Waals surface area (Å²) in [5.41, 5.74) is 2.11. The van der Waals surface area contributed by atoms with Gasteiger partial charge in [-0.15, -0.1) is 0 Å². The van der Waals surface area contributed by atoms with Gasteiger partial charge in [-0.05, 0) is 42.8 Å². The number of nitrogens with zero attached hydrogens (tertiary/aromatic N) is 1. The first-order valence-corrected chi connectivity index (χ1v) is 6.60. The Morgan fingerprint density at radius 1 is 1.10 bits per heavy atom. The number of ether oxygens (including phenoxy) is 2. The van der Waals surface area contributed by atoms with Gasteiger partial charge < -0.3 is 9.47 Å². The zero-order chi connectivity index (χ0) is 15.1. The molecule has 0 bridgehead atoms. The Bertz CT molecular complexity index is 657. The van der Waals surface area contributed by atoms with Crippen LogP contribution >= 0.6 is 0 Å². The van der Waals surface area contributed by atoms with Crippen molar-refractivity contribution in [2.24, 2.45) is 0 Å². The summed E-state index contributed by atoms with van der Waals surface area (Å²) in [6.07, 6.45) is 0.771. The van der Waals surface area contributed by atoms with Crippen LogP contribution in [0.2, 0.25) is 0 Å². The Hall–Kier alpha value is -2.80. The van der Waals surface area contributed by atoms with Gasteiger partial charge in [0.05, 0.1) is 18.2 Å². The third-order valence-corrected chi connectivity index (χ3v) is 2.88. The molecule has 0 aromatic heterocycles. The minimum absolute atomic E-state index is 0.367. The van der Waals surface area contributed by atoms with Crippen LogP contribution in [-0.2, 0) is 6.61 Å². The van der Waals surface area contributed by atoms with Gasteiger partial charge in [-0.25, -0.2) is 0 Å². The fourth-order valence-electron chi connectivity index (χ4n) is 1.82. The smallest absolute Gasteiger partial charge is 0.161 e. The topological polar surface area (TPSA) is 59.3 Å². The molecular formula is C17H15NO3. The first-order valence-electron chi connectivity index (χ1n) is 6.60. The van der Waals surface area contributed by atoms with Crippen molar-refractivity contribution in [1.29, 1.82) is 5.26 Å². The van der Waals surface area contributed by atoms with Crippen LogP contribution < -0.4 is 9.47 Å². The van der Waals surface area contributed by atoms with E-state index in [-0.39, 0.29) is 0 Å². The highest BCUT2D eigenvalue weighted by Crippen LogP contribution is 2.28. The van der Waals surface area contributed by atoms with Crippen LogP contribution in [0.15, 0.2) is 42.5 Å². The maximum atomic E-state index is 10.8. The first-order chi connectivity index (χ1) is 10.3. The van der Waals surface area contributed by atoms with Crippen molar-refractivity contribution in [2.75, 3.05) is 6.61 Å². The highest BCUT2D eigenvalue weighted by molar-refractivity contribution is 5.76.